The lowest BCUT2D eigenvalue weighted by atomic mass is 10.2. The molecule has 0 amide bonds. The first-order chi connectivity index (χ1) is 9.94. The molecule has 0 bridgehead atoms. The molecule has 0 radical (unpaired) electrons. The van der Waals surface area contributed by atoms with Gasteiger partial charge in [0.05, 0.1) is 17.9 Å². The first kappa shape index (κ1) is 17.4. The maximum atomic E-state index is 13.3. The SMILES string of the molecule is CCN(CC)S(=O)(=O)Nc1ccc(F)cc1C#CCCO. The van der Waals surface area contributed by atoms with Gasteiger partial charge >= 0.3 is 10.2 Å². The van der Waals surface area contributed by atoms with Crippen LogP contribution >= 0.6 is 0 Å². The molecule has 21 heavy (non-hydrogen) atoms. The molecule has 1 rings (SSSR count). The van der Waals surface area contributed by atoms with Gasteiger partial charge in [0, 0.05) is 19.5 Å². The Labute approximate surface area is 125 Å². The number of nitrogens with one attached hydrogen (secondary N) is 1. The van der Waals surface area contributed by atoms with Gasteiger partial charge in [-0.05, 0) is 18.2 Å². The number of halogens is 1. The lowest BCUT2D eigenvalue weighted by Crippen LogP contribution is -2.35. The zero-order valence-corrected chi connectivity index (χ0v) is 12.9. The molecule has 116 valence electrons. The van der Waals surface area contributed by atoms with Crippen LogP contribution in [0.2, 0.25) is 0 Å². The van der Waals surface area contributed by atoms with Crippen LogP contribution in [0.4, 0.5) is 10.1 Å². The van der Waals surface area contributed by atoms with Gasteiger partial charge in [0.2, 0.25) is 0 Å². The van der Waals surface area contributed by atoms with Gasteiger partial charge in [0.1, 0.15) is 5.82 Å². The van der Waals surface area contributed by atoms with Crippen molar-refractivity contribution < 1.29 is 17.9 Å². The molecular formula is C14H19FN2O3S. The topological polar surface area (TPSA) is 69.6 Å². The monoisotopic (exact) mass is 314 g/mol. The van der Waals surface area contributed by atoms with Crippen molar-refractivity contribution in [3.8, 4) is 11.8 Å². The molecule has 7 heteroatoms. The summed E-state index contributed by atoms with van der Waals surface area (Å²) in [5.74, 6) is 4.80. The van der Waals surface area contributed by atoms with Crippen LogP contribution in [0.15, 0.2) is 18.2 Å². The summed E-state index contributed by atoms with van der Waals surface area (Å²) in [6, 6.07) is 3.65. The molecule has 0 aromatic heterocycles. The molecule has 0 atom stereocenters. The molecule has 0 unspecified atom stereocenters. The molecule has 1 aromatic carbocycles. The van der Waals surface area contributed by atoms with Crippen LogP contribution in [0.25, 0.3) is 0 Å². The van der Waals surface area contributed by atoms with Crippen molar-refractivity contribution in [2.24, 2.45) is 0 Å². The maximum absolute atomic E-state index is 13.3. The molecule has 0 heterocycles. The van der Waals surface area contributed by atoms with Crippen molar-refractivity contribution in [1.29, 1.82) is 0 Å². The molecule has 0 saturated carbocycles. The molecule has 5 nitrogen and oxygen atoms in total. The normalized spacial score (nSPS) is 11.1. The Balaban J connectivity index is 3.11. The van der Waals surface area contributed by atoms with Gasteiger partial charge in [-0.3, -0.25) is 4.72 Å². The van der Waals surface area contributed by atoms with Gasteiger partial charge in [0.25, 0.3) is 0 Å². The predicted octanol–water partition coefficient (Wildman–Crippen LogP) is 1.56. The average molecular weight is 314 g/mol. The van der Waals surface area contributed by atoms with E-state index in [1.807, 2.05) is 0 Å². The molecule has 0 aliphatic carbocycles. The number of hydrogen-bond donors (Lipinski definition) is 2. The molecule has 1 aromatic rings. The minimum absolute atomic E-state index is 0.108. The van der Waals surface area contributed by atoms with E-state index in [1.165, 1.54) is 10.4 Å². The lowest BCUT2D eigenvalue weighted by molar-refractivity contribution is 0.305. The fourth-order valence-corrected chi connectivity index (χ4v) is 2.95. The van der Waals surface area contributed by atoms with E-state index in [1.54, 1.807) is 13.8 Å². The molecule has 0 aliphatic heterocycles. The van der Waals surface area contributed by atoms with Gasteiger partial charge in [-0.1, -0.05) is 25.7 Å². The number of anilines is 1. The molecule has 0 fully saturated rings. The number of aliphatic hydroxyl groups excluding tert-OH is 1. The molecule has 0 saturated heterocycles. The highest BCUT2D eigenvalue weighted by Crippen LogP contribution is 2.18. The van der Waals surface area contributed by atoms with Gasteiger partial charge < -0.3 is 5.11 Å². The number of aliphatic hydroxyl groups is 1. The Bertz CT molecular complexity index is 631. The molecular weight excluding hydrogens is 295 g/mol. The summed E-state index contributed by atoms with van der Waals surface area (Å²) in [4.78, 5) is 0. The maximum Gasteiger partial charge on any atom is 0.301 e. The zero-order chi connectivity index (χ0) is 15.9. The number of nitrogens with zero attached hydrogens (tertiary/aromatic N) is 1. The third kappa shape index (κ3) is 5.01. The van der Waals surface area contributed by atoms with E-state index in [0.29, 0.717) is 13.1 Å². The second-order valence-electron chi connectivity index (χ2n) is 4.16. The van der Waals surface area contributed by atoms with E-state index in [9.17, 15) is 12.8 Å². The van der Waals surface area contributed by atoms with Gasteiger partial charge in [0.15, 0.2) is 0 Å². The largest absolute Gasteiger partial charge is 0.395 e. The summed E-state index contributed by atoms with van der Waals surface area (Å²) < 4.78 is 41.3. The third-order valence-corrected chi connectivity index (χ3v) is 4.40. The van der Waals surface area contributed by atoms with Crippen LogP contribution in [-0.2, 0) is 10.2 Å². The van der Waals surface area contributed by atoms with Gasteiger partial charge in [-0.2, -0.15) is 12.7 Å². The summed E-state index contributed by atoms with van der Waals surface area (Å²) in [5, 5.41) is 8.70. The van der Waals surface area contributed by atoms with Crippen LogP contribution in [0.1, 0.15) is 25.8 Å². The number of hydrogen-bond acceptors (Lipinski definition) is 3. The quantitative estimate of drug-likeness (QED) is 0.783. The average Bonchev–Trinajstić information content (AvgIpc) is 2.43. The van der Waals surface area contributed by atoms with Gasteiger partial charge in [-0.15, -0.1) is 0 Å². The smallest absolute Gasteiger partial charge is 0.301 e. The highest BCUT2D eigenvalue weighted by atomic mass is 32.2. The van der Waals surface area contributed by atoms with E-state index in [-0.39, 0.29) is 24.3 Å². The number of rotatable bonds is 6. The summed E-state index contributed by atoms with van der Waals surface area (Å²) in [6.07, 6.45) is 0.235. The van der Waals surface area contributed by atoms with Crippen molar-refractivity contribution in [1.82, 2.24) is 4.31 Å². The fourth-order valence-electron chi connectivity index (χ4n) is 1.69. The predicted molar refractivity (Wildman–Crippen MR) is 80.4 cm³/mol. The standard InChI is InChI=1S/C14H19FN2O3S/c1-3-17(4-2)21(19,20)16-14-9-8-13(15)11-12(14)7-5-6-10-18/h8-9,11,16,18H,3-4,6,10H2,1-2H3. The van der Waals surface area contributed by atoms with Crippen LogP contribution in [0, 0.1) is 17.7 Å². The van der Waals surface area contributed by atoms with Crippen molar-refractivity contribution >= 4 is 15.9 Å². The van der Waals surface area contributed by atoms with Crippen LogP contribution in [-0.4, -0.2) is 37.5 Å². The molecule has 2 N–H and O–H groups in total. The third-order valence-electron chi connectivity index (χ3n) is 2.73. The van der Waals surface area contributed by atoms with Crippen molar-refractivity contribution in [2.45, 2.75) is 20.3 Å². The van der Waals surface area contributed by atoms with Gasteiger partial charge in [-0.25, -0.2) is 4.39 Å². The Kier molecular flexibility index (Phi) is 6.62. The van der Waals surface area contributed by atoms with Crippen LogP contribution in [0.3, 0.4) is 0 Å². The Morgan fingerprint density at radius 2 is 2.00 bits per heavy atom. The van der Waals surface area contributed by atoms with E-state index >= 15 is 0 Å². The lowest BCUT2D eigenvalue weighted by Gasteiger charge is -2.20. The highest BCUT2D eigenvalue weighted by Gasteiger charge is 2.19. The molecule has 0 spiro atoms. The van der Waals surface area contributed by atoms with Crippen LogP contribution in [0.5, 0.6) is 0 Å². The second-order valence-corrected chi connectivity index (χ2v) is 5.83. The zero-order valence-electron chi connectivity index (χ0n) is 12.1. The number of benzene rings is 1. The fraction of sp³-hybridized carbons (Fsp3) is 0.429. The van der Waals surface area contributed by atoms with E-state index < -0.39 is 16.0 Å². The van der Waals surface area contributed by atoms with E-state index in [0.717, 1.165) is 12.1 Å². The summed E-state index contributed by atoms with van der Waals surface area (Å²) >= 11 is 0. The first-order valence-electron chi connectivity index (χ1n) is 6.61. The van der Waals surface area contributed by atoms with Crippen molar-refractivity contribution in [2.75, 3.05) is 24.4 Å². The summed E-state index contributed by atoms with van der Waals surface area (Å²) in [5.41, 5.74) is 0.452. The minimum atomic E-state index is -3.70. The Morgan fingerprint density at radius 1 is 1.33 bits per heavy atom. The van der Waals surface area contributed by atoms with Crippen molar-refractivity contribution in [3.05, 3.63) is 29.6 Å². The highest BCUT2D eigenvalue weighted by molar-refractivity contribution is 7.90. The molecule has 0 aliphatic rings. The van der Waals surface area contributed by atoms with E-state index in [2.05, 4.69) is 16.6 Å². The Hall–Kier alpha value is -1.62. The first-order valence-corrected chi connectivity index (χ1v) is 8.05. The minimum Gasteiger partial charge on any atom is -0.395 e. The second kappa shape index (κ2) is 7.98. The summed E-state index contributed by atoms with van der Waals surface area (Å²) in [6.45, 7) is 4.02. The van der Waals surface area contributed by atoms with Crippen molar-refractivity contribution in [3.63, 3.8) is 0 Å². The van der Waals surface area contributed by atoms with Crippen LogP contribution < -0.4 is 4.72 Å². The Morgan fingerprint density at radius 3 is 2.57 bits per heavy atom. The summed E-state index contributed by atoms with van der Waals surface area (Å²) in [7, 11) is -3.70. The van der Waals surface area contributed by atoms with E-state index in [4.69, 9.17) is 5.11 Å².